The molecule has 0 fully saturated rings. The summed E-state index contributed by atoms with van der Waals surface area (Å²) in [5, 5.41) is 0. The molecule has 1 aromatic rings. The van der Waals surface area contributed by atoms with E-state index in [2.05, 4.69) is 0 Å². The van der Waals surface area contributed by atoms with E-state index in [1.807, 2.05) is 4.98 Å². The first-order chi connectivity index (χ1) is 6.11. The Kier molecular flexibility index (Phi) is 2.32. The Labute approximate surface area is 73.0 Å². The third kappa shape index (κ3) is 1.37. The molecule has 0 radical (unpaired) electrons. The predicted octanol–water partition coefficient (Wildman–Crippen LogP) is -1.05. The zero-order valence-electron chi connectivity index (χ0n) is 7.03. The Morgan fingerprint density at radius 3 is 2.62 bits per heavy atom. The highest BCUT2D eigenvalue weighted by atomic mass is 16.2. The van der Waals surface area contributed by atoms with Gasteiger partial charge in [0.2, 0.25) is 0 Å². The van der Waals surface area contributed by atoms with Crippen LogP contribution in [0.3, 0.4) is 0 Å². The molecule has 0 aliphatic heterocycles. The minimum absolute atomic E-state index is 0.0914. The normalized spacial score (nSPS) is 9.92. The molecule has 0 saturated heterocycles. The first kappa shape index (κ1) is 9.24. The lowest BCUT2D eigenvalue weighted by atomic mass is 10.3. The number of nitrogens with one attached hydrogen (secondary N) is 1. The summed E-state index contributed by atoms with van der Waals surface area (Å²) in [5.74, 6) is -0.0914. The van der Waals surface area contributed by atoms with Crippen LogP contribution >= 0.6 is 0 Å². The number of aldehydes is 1. The molecule has 0 spiro atoms. The van der Waals surface area contributed by atoms with Gasteiger partial charge < -0.3 is 5.73 Å². The van der Waals surface area contributed by atoms with Gasteiger partial charge in [-0.3, -0.25) is 19.1 Å². The van der Waals surface area contributed by atoms with E-state index in [1.54, 1.807) is 6.92 Å². The van der Waals surface area contributed by atoms with Gasteiger partial charge >= 0.3 is 5.69 Å². The Balaban J connectivity index is 3.68. The topological polar surface area (TPSA) is 97.9 Å². The van der Waals surface area contributed by atoms with E-state index in [0.29, 0.717) is 12.8 Å². The van der Waals surface area contributed by atoms with E-state index in [0.717, 1.165) is 4.57 Å². The molecule has 0 bridgehead atoms. The molecule has 1 rings (SSSR count). The third-order valence-electron chi connectivity index (χ3n) is 1.71. The minimum Gasteiger partial charge on any atom is -0.384 e. The second-order valence-corrected chi connectivity index (χ2v) is 2.42. The average molecular weight is 183 g/mol. The zero-order chi connectivity index (χ0) is 10.0. The van der Waals surface area contributed by atoms with Crippen molar-refractivity contribution in [3.63, 3.8) is 0 Å². The first-order valence-corrected chi connectivity index (χ1v) is 3.69. The van der Waals surface area contributed by atoms with Crippen LogP contribution in [0.1, 0.15) is 17.3 Å². The van der Waals surface area contributed by atoms with E-state index in [1.165, 1.54) is 0 Å². The number of aromatic amines is 1. The van der Waals surface area contributed by atoms with Crippen LogP contribution in [-0.4, -0.2) is 15.8 Å². The van der Waals surface area contributed by atoms with Crippen molar-refractivity contribution in [1.29, 1.82) is 0 Å². The highest BCUT2D eigenvalue weighted by molar-refractivity contribution is 5.80. The fourth-order valence-electron chi connectivity index (χ4n) is 1.03. The van der Waals surface area contributed by atoms with E-state index in [-0.39, 0.29) is 11.4 Å². The maximum atomic E-state index is 11.1. The maximum Gasteiger partial charge on any atom is 0.329 e. The van der Waals surface area contributed by atoms with Gasteiger partial charge in [-0.1, -0.05) is 0 Å². The summed E-state index contributed by atoms with van der Waals surface area (Å²) in [6.45, 7) is 1.99. The number of carbonyl (C=O) groups is 1. The van der Waals surface area contributed by atoms with Crippen molar-refractivity contribution in [3.8, 4) is 0 Å². The zero-order valence-corrected chi connectivity index (χ0v) is 7.03. The number of nitrogens with two attached hydrogens (primary N) is 1. The summed E-state index contributed by atoms with van der Waals surface area (Å²) in [6.07, 6.45) is 0.333. The fraction of sp³-hybridized carbons (Fsp3) is 0.286. The SMILES string of the molecule is CCn1c(N)c(C=O)c(=O)[nH]c1=O. The van der Waals surface area contributed by atoms with Gasteiger partial charge in [0.1, 0.15) is 11.4 Å². The minimum atomic E-state index is -0.748. The molecule has 1 aromatic heterocycles. The lowest BCUT2D eigenvalue weighted by Gasteiger charge is -2.06. The molecular weight excluding hydrogens is 174 g/mol. The number of hydrogen-bond donors (Lipinski definition) is 2. The lowest BCUT2D eigenvalue weighted by molar-refractivity contribution is 0.112. The van der Waals surface area contributed by atoms with Crippen molar-refractivity contribution in [3.05, 3.63) is 26.4 Å². The van der Waals surface area contributed by atoms with E-state index >= 15 is 0 Å². The van der Waals surface area contributed by atoms with Crippen LogP contribution in [0.2, 0.25) is 0 Å². The third-order valence-corrected chi connectivity index (χ3v) is 1.71. The Hall–Kier alpha value is -1.85. The van der Waals surface area contributed by atoms with Crippen LogP contribution < -0.4 is 17.0 Å². The molecule has 70 valence electrons. The smallest absolute Gasteiger partial charge is 0.329 e. The summed E-state index contributed by atoms with van der Waals surface area (Å²) in [7, 11) is 0. The van der Waals surface area contributed by atoms with Gasteiger partial charge in [0.05, 0.1) is 0 Å². The van der Waals surface area contributed by atoms with Crippen LogP contribution in [0.5, 0.6) is 0 Å². The molecular formula is C7H9N3O3. The quantitative estimate of drug-likeness (QED) is 0.571. The lowest BCUT2D eigenvalue weighted by Crippen LogP contribution is -2.34. The van der Waals surface area contributed by atoms with Crippen molar-refractivity contribution < 1.29 is 4.79 Å². The van der Waals surface area contributed by atoms with Crippen LogP contribution in [0, 0.1) is 0 Å². The standard InChI is InChI=1S/C7H9N3O3/c1-2-10-5(8)4(3-11)6(12)9-7(10)13/h3H,2,8H2,1H3,(H,9,12,13). The monoisotopic (exact) mass is 183 g/mol. The summed E-state index contributed by atoms with van der Waals surface area (Å²) in [4.78, 5) is 34.5. The van der Waals surface area contributed by atoms with Crippen LogP contribution in [0.15, 0.2) is 9.59 Å². The summed E-state index contributed by atoms with van der Waals surface area (Å²) >= 11 is 0. The molecule has 0 saturated carbocycles. The number of carbonyl (C=O) groups excluding carboxylic acids is 1. The molecule has 6 heteroatoms. The van der Waals surface area contributed by atoms with Gasteiger partial charge in [-0.25, -0.2) is 4.79 Å². The van der Waals surface area contributed by atoms with Crippen LogP contribution in [0.4, 0.5) is 5.82 Å². The summed E-state index contributed by atoms with van der Waals surface area (Å²) in [6, 6.07) is 0. The number of anilines is 1. The molecule has 1 heterocycles. The molecule has 13 heavy (non-hydrogen) atoms. The highest BCUT2D eigenvalue weighted by Gasteiger charge is 2.09. The van der Waals surface area contributed by atoms with Gasteiger partial charge in [0, 0.05) is 6.54 Å². The Bertz CT molecular complexity index is 443. The molecule has 0 aliphatic carbocycles. The first-order valence-electron chi connectivity index (χ1n) is 3.69. The predicted molar refractivity (Wildman–Crippen MR) is 46.8 cm³/mol. The summed E-state index contributed by atoms with van der Waals surface area (Å²) < 4.78 is 1.12. The van der Waals surface area contributed by atoms with E-state index < -0.39 is 11.2 Å². The maximum absolute atomic E-state index is 11.1. The van der Waals surface area contributed by atoms with Gasteiger partial charge in [-0.2, -0.15) is 0 Å². The number of nitrogen functional groups attached to an aromatic ring is 1. The fourth-order valence-corrected chi connectivity index (χ4v) is 1.03. The van der Waals surface area contributed by atoms with Crippen molar-refractivity contribution in [1.82, 2.24) is 9.55 Å². The number of hydrogen-bond acceptors (Lipinski definition) is 4. The molecule has 0 unspecified atom stereocenters. The van der Waals surface area contributed by atoms with Gasteiger partial charge in [-0.05, 0) is 6.92 Å². The largest absolute Gasteiger partial charge is 0.384 e. The van der Waals surface area contributed by atoms with Crippen molar-refractivity contribution in [2.75, 3.05) is 5.73 Å². The van der Waals surface area contributed by atoms with Crippen LogP contribution in [-0.2, 0) is 6.54 Å². The highest BCUT2D eigenvalue weighted by Crippen LogP contribution is 1.99. The molecule has 6 nitrogen and oxygen atoms in total. The van der Waals surface area contributed by atoms with Gasteiger partial charge in [0.25, 0.3) is 5.56 Å². The Morgan fingerprint density at radius 1 is 1.54 bits per heavy atom. The van der Waals surface area contributed by atoms with Gasteiger partial charge in [-0.15, -0.1) is 0 Å². The number of H-pyrrole nitrogens is 1. The Morgan fingerprint density at radius 2 is 2.15 bits per heavy atom. The second kappa shape index (κ2) is 3.26. The van der Waals surface area contributed by atoms with Crippen molar-refractivity contribution in [2.24, 2.45) is 0 Å². The molecule has 0 aliphatic rings. The average Bonchev–Trinajstić information content (AvgIpc) is 2.04. The molecule has 3 N–H and O–H groups in total. The van der Waals surface area contributed by atoms with Crippen LogP contribution in [0.25, 0.3) is 0 Å². The number of nitrogens with zero attached hydrogens (tertiary/aromatic N) is 1. The van der Waals surface area contributed by atoms with E-state index in [9.17, 15) is 14.4 Å². The molecule has 0 atom stereocenters. The summed E-state index contributed by atoms with van der Waals surface area (Å²) in [5.41, 5.74) is 3.86. The van der Waals surface area contributed by atoms with Gasteiger partial charge in [0.15, 0.2) is 6.29 Å². The second-order valence-electron chi connectivity index (χ2n) is 2.42. The van der Waals surface area contributed by atoms with Crippen molar-refractivity contribution >= 4 is 12.1 Å². The van der Waals surface area contributed by atoms with Crippen molar-refractivity contribution in [2.45, 2.75) is 13.5 Å². The number of aromatic nitrogens is 2. The molecule has 0 amide bonds. The molecule has 0 aromatic carbocycles. The number of rotatable bonds is 2. The van der Waals surface area contributed by atoms with E-state index in [4.69, 9.17) is 5.73 Å².